The Balaban J connectivity index is 2.21. The van der Waals surface area contributed by atoms with Gasteiger partial charge in [-0.15, -0.1) is 0 Å². The van der Waals surface area contributed by atoms with Crippen LogP contribution in [0.1, 0.15) is 61.9 Å². The van der Waals surface area contributed by atoms with E-state index < -0.39 is 5.97 Å². The van der Waals surface area contributed by atoms with Crippen LogP contribution in [0.2, 0.25) is 0 Å². The molecule has 0 fully saturated rings. The van der Waals surface area contributed by atoms with Crippen molar-refractivity contribution in [3.8, 4) is 0 Å². The molecule has 0 radical (unpaired) electrons. The summed E-state index contributed by atoms with van der Waals surface area (Å²) in [5, 5.41) is 12.1. The van der Waals surface area contributed by atoms with Crippen LogP contribution in [0.15, 0.2) is 18.2 Å². The lowest BCUT2D eigenvalue weighted by molar-refractivity contribution is 0.0696. The Bertz CT molecular complexity index is 446. The molecule has 4 heteroatoms. The van der Waals surface area contributed by atoms with E-state index in [0.29, 0.717) is 12.1 Å². The predicted molar refractivity (Wildman–Crippen MR) is 83.0 cm³/mol. The molecule has 1 aromatic carbocycles. The summed E-state index contributed by atoms with van der Waals surface area (Å²) in [5.74, 6) is -0.613. The number of nitrogens with one attached hydrogen (secondary N) is 1. The van der Waals surface area contributed by atoms with E-state index in [1.165, 1.54) is 43.9 Å². The van der Waals surface area contributed by atoms with Gasteiger partial charge < -0.3 is 10.4 Å². The fourth-order valence-electron chi connectivity index (χ4n) is 2.22. The Labute approximate surface area is 126 Å². The Kier molecular flexibility index (Phi) is 7.98. The first-order chi connectivity index (χ1) is 10.0. The molecule has 1 aromatic rings. The van der Waals surface area contributed by atoms with Crippen LogP contribution in [0.5, 0.6) is 0 Å². The molecule has 0 saturated carbocycles. The molecule has 0 saturated heterocycles. The van der Waals surface area contributed by atoms with Crippen LogP contribution in [0.3, 0.4) is 0 Å². The van der Waals surface area contributed by atoms with E-state index in [1.807, 2.05) is 0 Å². The molecule has 0 spiro atoms. The number of aromatic carboxylic acids is 1. The standard InChI is InChI=1S/C17H26FNO2/c1-13(2)7-5-3-4-6-10-19-12-15-11-14(17(20)21)8-9-16(15)18/h8-9,11,13,19H,3-7,10,12H2,1-2H3,(H,20,21). The van der Waals surface area contributed by atoms with Crippen molar-refractivity contribution in [2.24, 2.45) is 5.92 Å². The zero-order chi connectivity index (χ0) is 15.7. The average molecular weight is 295 g/mol. The maximum absolute atomic E-state index is 13.6. The molecule has 1 rings (SSSR count). The van der Waals surface area contributed by atoms with E-state index >= 15 is 0 Å². The number of hydrogen-bond donors (Lipinski definition) is 2. The van der Waals surface area contributed by atoms with Gasteiger partial charge in [-0.25, -0.2) is 9.18 Å². The molecule has 0 heterocycles. The Morgan fingerprint density at radius 1 is 1.24 bits per heavy atom. The van der Waals surface area contributed by atoms with Crippen molar-refractivity contribution in [3.05, 3.63) is 35.1 Å². The van der Waals surface area contributed by atoms with E-state index in [2.05, 4.69) is 19.2 Å². The average Bonchev–Trinajstić information content (AvgIpc) is 2.43. The van der Waals surface area contributed by atoms with Crippen molar-refractivity contribution in [1.82, 2.24) is 5.32 Å². The molecule has 118 valence electrons. The highest BCUT2D eigenvalue weighted by molar-refractivity contribution is 5.87. The maximum Gasteiger partial charge on any atom is 0.335 e. The van der Waals surface area contributed by atoms with Gasteiger partial charge in [0.1, 0.15) is 5.82 Å². The first-order valence-electron chi connectivity index (χ1n) is 7.73. The van der Waals surface area contributed by atoms with Gasteiger partial charge in [-0.2, -0.15) is 0 Å². The Morgan fingerprint density at radius 2 is 1.95 bits per heavy atom. The lowest BCUT2D eigenvalue weighted by Gasteiger charge is -2.07. The highest BCUT2D eigenvalue weighted by Crippen LogP contribution is 2.11. The molecule has 0 aromatic heterocycles. The van der Waals surface area contributed by atoms with E-state index in [0.717, 1.165) is 18.9 Å². The van der Waals surface area contributed by atoms with Crippen LogP contribution in [-0.4, -0.2) is 17.6 Å². The molecule has 0 bridgehead atoms. The van der Waals surface area contributed by atoms with Crippen LogP contribution < -0.4 is 5.32 Å². The van der Waals surface area contributed by atoms with E-state index in [9.17, 15) is 9.18 Å². The second-order valence-corrected chi connectivity index (χ2v) is 5.88. The summed E-state index contributed by atoms with van der Waals surface area (Å²) < 4.78 is 13.6. The molecule has 0 aliphatic heterocycles. The van der Waals surface area contributed by atoms with E-state index in [4.69, 9.17) is 5.11 Å². The summed E-state index contributed by atoms with van der Waals surface area (Å²) in [6, 6.07) is 3.90. The molecule has 0 aliphatic carbocycles. The number of unbranched alkanes of at least 4 members (excludes halogenated alkanes) is 3. The topological polar surface area (TPSA) is 49.3 Å². The van der Waals surface area contributed by atoms with Gasteiger partial charge in [0, 0.05) is 12.1 Å². The zero-order valence-electron chi connectivity index (χ0n) is 13.0. The summed E-state index contributed by atoms with van der Waals surface area (Å²) in [6.45, 7) is 5.68. The van der Waals surface area contributed by atoms with Crippen molar-refractivity contribution >= 4 is 5.97 Å². The maximum atomic E-state index is 13.6. The summed E-state index contributed by atoms with van der Waals surface area (Å²) in [5.41, 5.74) is 0.539. The highest BCUT2D eigenvalue weighted by atomic mass is 19.1. The normalized spacial score (nSPS) is 11.0. The minimum atomic E-state index is -1.03. The largest absolute Gasteiger partial charge is 0.478 e. The molecule has 0 aliphatic rings. The third kappa shape index (κ3) is 7.23. The second kappa shape index (κ2) is 9.50. The van der Waals surface area contributed by atoms with Gasteiger partial charge in [-0.05, 0) is 37.1 Å². The minimum absolute atomic E-state index is 0.127. The van der Waals surface area contributed by atoms with Gasteiger partial charge in [0.2, 0.25) is 0 Å². The van der Waals surface area contributed by atoms with E-state index in [-0.39, 0.29) is 11.4 Å². The lowest BCUT2D eigenvalue weighted by Crippen LogP contribution is -2.16. The predicted octanol–water partition coefficient (Wildman–Crippen LogP) is 4.22. The smallest absolute Gasteiger partial charge is 0.335 e. The molecule has 2 N–H and O–H groups in total. The van der Waals surface area contributed by atoms with Crippen LogP contribution in [0.25, 0.3) is 0 Å². The van der Waals surface area contributed by atoms with Crippen molar-refractivity contribution in [1.29, 1.82) is 0 Å². The van der Waals surface area contributed by atoms with Crippen LogP contribution in [0, 0.1) is 11.7 Å². The molecular weight excluding hydrogens is 269 g/mol. The van der Waals surface area contributed by atoms with Crippen LogP contribution in [-0.2, 0) is 6.54 Å². The molecule has 0 unspecified atom stereocenters. The SMILES string of the molecule is CC(C)CCCCCCNCc1cc(C(=O)O)ccc1F. The third-order valence-corrected chi connectivity index (χ3v) is 3.49. The molecule has 3 nitrogen and oxygen atoms in total. The summed E-state index contributed by atoms with van der Waals surface area (Å²) in [4.78, 5) is 10.8. The minimum Gasteiger partial charge on any atom is -0.478 e. The molecule has 21 heavy (non-hydrogen) atoms. The van der Waals surface area contributed by atoms with Gasteiger partial charge in [0.15, 0.2) is 0 Å². The highest BCUT2D eigenvalue weighted by Gasteiger charge is 2.07. The van der Waals surface area contributed by atoms with Gasteiger partial charge in [-0.1, -0.05) is 39.5 Å². The number of carboxylic acids is 1. The second-order valence-electron chi connectivity index (χ2n) is 5.88. The summed E-state index contributed by atoms with van der Waals surface area (Å²) in [7, 11) is 0. The number of rotatable bonds is 10. The van der Waals surface area contributed by atoms with Crippen LogP contribution in [0.4, 0.5) is 4.39 Å². The molecule has 0 amide bonds. The number of carbonyl (C=O) groups is 1. The number of halogens is 1. The first-order valence-corrected chi connectivity index (χ1v) is 7.73. The quantitative estimate of drug-likeness (QED) is 0.635. The van der Waals surface area contributed by atoms with Crippen molar-refractivity contribution in [3.63, 3.8) is 0 Å². The van der Waals surface area contributed by atoms with Crippen molar-refractivity contribution in [2.75, 3.05) is 6.54 Å². The number of hydrogen-bond acceptors (Lipinski definition) is 2. The number of benzene rings is 1. The third-order valence-electron chi connectivity index (χ3n) is 3.49. The summed E-state index contributed by atoms with van der Waals surface area (Å²) in [6.07, 6.45) is 6.03. The van der Waals surface area contributed by atoms with Crippen molar-refractivity contribution < 1.29 is 14.3 Å². The molecular formula is C17H26FNO2. The zero-order valence-corrected chi connectivity index (χ0v) is 13.0. The molecule has 0 atom stereocenters. The van der Waals surface area contributed by atoms with E-state index in [1.54, 1.807) is 0 Å². The van der Waals surface area contributed by atoms with Gasteiger partial charge in [0.25, 0.3) is 0 Å². The summed E-state index contributed by atoms with van der Waals surface area (Å²) >= 11 is 0. The van der Waals surface area contributed by atoms with Gasteiger partial charge >= 0.3 is 5.97 Å². The van der Waals surface area contributed by atoms with Crippen molar-refractivity contribution in [2.45, 2.75) is 52.5 Å². The lowest BCUT2D eigenvalue weighted by atomic mass is 10.0. The number of carboxylic acid groups (broad SMARTS) is 1. The van der Waals surface area contributed by atoms with Gasteiger partial charge in [-0.3, -0.25) is 0 Å². The van der Waals surface area contributed by atoms with Gasteiger partial charge in [0.05, 0.1) is 5.56 Å². The Morgan fingerprint density at radius 3 is 2.62 bits per heavy atom. The fourth-order valence-corrected chi connectivity index (χ4v) is 2.22. The Hall–Kier alpha value is -1.42. The monoisotopic (exact) mass is 295 g/mol. The van der Waals surface area contributed by atoms with Crippen LogP contribution >= 0.6 is 0 Å². The first kappa shape index (κ1) is 17.6. The fraction of sp³-hybridized carbons (Fsp3) is 0.588.